The average molecular weight is 602 g/mol. The molecule has 1 unspecified atom stereocenters. The quantitative estimate of drug-likeness (QED) is 0.374. The van der Waals surface area contributed by atoms with Crippen LogP contribution < -0.4 is 9.88 Å². The highest BCUT2D eigenvalue weighted by molar-refractivity contribution is 7.90. The highest BCUT2D eigenvalue weighted by atomic mass is 35.5. The van der Waals surface area contributed by atoms with Crippen molar-refractivity contribution in [1.82, 2.24) is 9.80 Å². The molecule has 1 aliphatic rings. The fraction of sp³-hybridized carbons (Fsp3) is 0.333. The van der Waals surface area contributed by atoms with E-state index in [0.29, 0.717) is 30.2 Å². The molecule has 0 radical (unpaired) electrons. The molecule has 0 bridgehead atoms. The van der Waals surface area contributed by atoms with Crippen LogP contribution in [0.3, 0.4) is 0 Å². The SMILES string of the molecule is C[C@@H]1CN(Cc2ccc(F)cc2)[C@@H](C)CN1C(=O)COc1ccc(Cl)cc1CC(=O)C(c1ccccc1)S(N)(=O)=O. The molecule has 41 heavy (non-hydrogen) atoms. The second-order valence-electron chi connectivity index (χ2n) is 10.4. The van der Waals surface area contributed by atoms with Crippen molar-refractivity contribution in [2.45, 2.75) is 44.1 Å². The largest absolute Gasteiger partial charge is 0.483 e. The fourth-order valence-electron chi connectivity index (χ4n) is 5.11. The molecule has 3 aromatic rings. The van der Waals surface area contributed by atoms with Crippen molar-refractivity contribution in [3.63, 3.8) is 0 Å². The second kappa shape index (κ2) is 13.1. The summed E-state index contributed by atoms with van der Waals surface area (Å²) in [5.41, 5.74) is 1.61. The number of ketones is 1. The lowest BCUT2D eigenvalue weighted by molar-refractivity contribution is -0.139. The first-order chi connectivity index (χ1) is 19.4. The third kappa shape index (κ3) is 7.91. The average Bonchev–Trinajstić information content (AvgIpc) is 2.91. The number of sulfonamides is 1. The zero-order valence-electron chi connectivity index (χ0n) is 22.9. The summed E-state index contributed by atoms with van der Waals surface area (Å²) in [7, 11) is -4.24. The monoisotopic (exact) mass is 601 g/mol. The number of halogens is 2. The van der Waals surface area contributed by atoms with E-state index in [1.807, 2.05) is 13.8 Å². The van der Waals surface area contributed by atoms with Gasteiger partial charge in [0.05, 0.1) is 0 Å². The first-order valence-electron chi connectivity index (χ1n) is 13.2. The topological polar surface area (TPSA) is 110 Å². The molecule has 1 aliphatic heterocycles. The molecule has 8 nitrogen and oxygen atoms in total. The number of ether oxygens (including phenoxy) is 1. The molecule has 0 aliphatic carbocycles. The molecule has 2 N–H and O–H groups in total. The Balaban J connectivity index is 1.42. The van der Waals surface area contributed by atoms with Gasteiger partial charge in [-0.15, -0.1) is 0 Å². The van der Waals surface area contributed by atoms with Crippen molar-refractivity contribution < 1.29 is 27.1 Å². The van der Waals surface area contributed by atoms with Crippen LogP contribution >= 0.6 is 11.6 Å². The van der Waals surface area contributed by atoms with E-state index in [4.69, 9.17) is 21.5 Å². The Bertz CT molecular complexity index is 1490. The standard InChI is InChI=1S/C30H33ClFN3O5S/c1-20-17-35(21(2)16-34(20)18-22-8-11-26(32)12-9-22)29(37)19-40-28-13-10-25(31)14-24(28)15-27(36)30(41(33,38)39)23-6-4-3-5-7-23/h3-14,20-21,30H,15-19H2,1-2H3,(H2,33,38,39)/t20-,21+,30?/m0/s1. The van der Waals surface area contributed by atoms with Gasteiger partial charge in [0.1, 0.15) is 11.6 Å². The van der Waals surface area contributed by atoms with Gasteiger partial charge in [0.15, 0.2) is 17.6 Å². The number of benzene rings is 3. The number of primary sulfonamides is 1. The normalized spacial score (nSPS) is 18.6. The number of carbonyl (C=O) groups excluding carboxylic acids is 2. The number of hydrogen-bond donors (Lipinski definition) is 1. The molecule has 218 valence electrons. The molecule has 1 heterocycles. The van der Waals surface area contributed by atoms with Gasteiger partial charge in [-0.1, -0.05) is 54.1 Å². The van der Waals surface area contributed by atoms with Crippen LogP contribution in [0.4, 0.5) is 4.39 Å². The van der Waals surface area contributed by atoms with Crippen molar-refractivity contribution in [3.05, 3.63) is 100 Å². The minimum absolute atomic E-state index is 0.0667. The van der Waals surface area contributed by atoms with E-state index < -0.39 is 21.1 Å². The summed E-state index contributed by atoms with van der Waals surface area (Å²) in [5.74, 6) is -0.881. The molecule has 3 aromatic carbocycles. The Labute approximate surface area is 244 Å². The maximum Gasteiger partial charge on any atom is 0.260 e. The second-order valence-corrected chi connectivity index (χ2v) is 12.4. The van der Waals surface area contributed by atoms with E-state index in [2.05, 4.69) is 4.90 Å². The molecular weight excluding hydrogens is 569 g/mol. The lowest BCUT2D eigenvalue weighted by Gasteiger charge is -2.44. The van der Waals surface area contributed by atoms with Gasteiger partial charge in [0, 0.05) is 48.7 Å². The third-order valence-electron chi connectivity index (χ3n) is 7.20. The van der Waals surface area contributed by atoms with Crippen molar-refractivity contribution in [1.29, 1.82) is 0 Å². The van der Waals surface area contributed by atoms with Crippen LogP contribution in [0, 0.1) is 5.82 Å². The Morgan fingerprint density at radius 3 is 2.37 bits per heavy atom. The lowest BCUT2D eigenvalue weighted by Crippen LogP contribution is -2.58. The summed E-state index contributed by atoms with van der Waals surface area (Å²) in [4.78, 5) is 30.4. The first kappa shape index (κ1) is 30.6. The zero-order valence-corrected chi connectivity index (χ0v) is 24.4. The van der Waals surface area contributed by atoms with Crippen molar-refractivity contribution in [2.24, 2.45) is 5.14 Å². The van der Waals surface area contributed by atoms with E-state index in [0.717, 1.165) is 5.56 Å². The summed E-state index contributed by atoms with van der Waals surface area (Å²) < 4.78 is 43.8. The number of Topliss-reactive ketones (excluding diaryl/α,β-unsaturated/α-hetero) is 1. The molecular formula is C30H33ClFN3O5S. The molecule has 1 amide bonds. The summed E-state index contributed by atoms with van der Waals surface area (Å²) >= 11 is 6.18. The van der Waals surface area contributed by atoms with E-state index in [1.54, 1.807) is 47.4 Å². The Hall–Kier alpha value is -3.31. The lowest BCUT2D eigenvalue weighted by atomic mass is 10.0. The number of amides is 1. The summed E-state index contributed by atoms with van der Waals surface area (Å²) in [6.07, 6.45) is -0.310. The number of carbonyl (C=O) groups is 2. The maximum absolute atomic E-state index is 13.3. The van der Waals surface area contributed by atoms with Crippen LogP contribution in [0.5, 0.6) is 5.75 Å². The first-order valence-corrected chi connectivity index (χ1v) is 15.2. The highest BCUT2D eigenvalue weighted by Crippen LogP contribution is 2.29. The number of piperazine rings is 1. The molecule has 4 rings (SSSR count). The highest BCUT2D eigenvalue weighted by Gasteiger charge is 2.33. The molecule has 3 atom stereocenters. The number of hydrogen-bond acceptors (Lipinski definition) is 6. The molecule has 0 saturated carbocycles. The predicted molar refractivity (Wildman–Crippen MR) is 155 cm³/mol. The van der Waals surface area contributed by atoms with Crippen LogP contribution in [0.1, 0.15) is 35.8 Å². The molecule has 1 fully saturated rings. The number of nitrogens with zero attached hydrogens (tertiary/aromatic N) is 2. The van der Waals surface area contributed by atoms with Gasteiger partial charge in [0.2, 0.25) is 10.0 Å². The molecule has 0 spiro atoms. The van der Waals surface area contributed by atoms with Gasteiger partial charge < -0.3 is 9.64 Å². The minimum atomic E-state index is -4.24. The van der Waals surface area contributed by atoms with Crippen LogP contribution in [0.15, 0.2) is 72.8 Å². The Morgan fingerprint density at radius 1 is 1.02 bits per heavy atom. The van der Waals surface area contributed by atoms with Crippen LogP contribution in [-0.4, -0.2) is 61.7 Å². The fourth-order valence-corrected chi connectivity index (χ4v) is 6.29. The van der Waals surface area contributed by atoms with Gasteiger partial charge in [-0.05, 0) is 55.3 Å². The van der Waals surface area contributed by atoms with Crippen LogP contribution in [0.25, 0.3) is 0 Å². The smallest absolute Gasteiger partial charge is 0.260 e. The van der Waals surface area contributed by atoms with Crippen LogP contribution in [0.2, 0.25) is 5.02 Å². The van der Waals surface area contributed by atoms with E-state index in [1.165, 1.54) is 30.3 Å². The number of nitrogens with two attached hydrogens (primary N) is 1. The maximum atomic E-state index is 13.3. The van der Waals surface area contributed by atoms with Crippen LogP contribution in [-0.2, 0) is 32.6 Å². The van der Waals surface area contributed by atoms with Gasteiger partial charge >= 0.3 is 0 Å². The van der Waals surface area contributed by atoms with E-state index >= 15 is 0 Å². The van der Waals surface area contributed by atoms with E-state index in [-0.39, 0.29) is 48.1 Å². The number of rotatable bonds is 10. The van der Waals surface area contributed by atoms with Crippen molar-refractivity contribution >= 4 is 33.3 Å². The Kier molecular flexibility index (Phi) is 9.80. The summed E-state index contributed by atoms with van der Waals surface area (Å²) in [5, 5.41) is 4.20. The zero-order chi connectivity index (χ0) is 29.7. The minimum Gasteiger partial charge on any atom is -0.483 e. The molecule has 0 aromatic heterocycles. The van der Waals surface area contributed by atoms with E-state index in [9.17, 15) is 22.4 Å². The summed E-state index contributed by atoms with van der Waals surface area (Å²) in [6.45, 7) is 5.51. The van der Waals surface area contributed by atoms with Crippen molar-refractivity contribution in [2.75, 3.05) is 19.7 Å². The van der Waals surface area contributed by atoms with Crippen molar-refractivity contribution in [3.8, 4) is 5.75 Å². The van der Waals surface area contributed by atoms with Gasteiger partial charge in [-0.25, -0.2) is 17.9 Å². The summed E-state index contributed by atoms with van der Waals surface area (Å²) in [6, 6.07) is 19.1. The molecule has 11 heteroatoms. The Morgan fingerprint density at radius 2 is 1.71 bits per heavy atom. The van der Waals surface area contributed by atoms with Gasteiger partial charge in [0.25, 0.3) is 5.91 Å². The van der Waals surface area contributed by atoms with Gasteiger partial charge in [-0.2, -0.15) is 0 Å². The van der Waals surface area contributed by atoms with Gasteiger partial charge in [-0.3, -0.25) is 14.5 Å². The predicted octanol–water partition coefficient (Wildman–Crippen LogP) is 4.12. The molecule has 1 saturated heterocycles. The third-order valence-corrected chi connectivity index (χ3v) is 8.62.